The molecule has 0 aromatic rings. The zero-order valence-corrected chi connectivity index (χ0v) is 8.75. The van der Waals surface area contributed by atoms with Gasteiger partial charge in [-0.25, -0.2) is 4.57 Å². The summed E-state index contributed by atoms with van der Waals surface area (Å²) >= 11 is 0. The van der Waals surface area contributed by atoms with Crippen LogP contribution in [0.4, 0.5) is 0 Å². The summed E-state index contributed by atoms with van der Waals surface area (Å²) in [5.41, 5.74) is 1.06. The van der Waals surface area contributed by atoms with Crippen molar-refractivity contribution in [3.8, 4) is 0 Å². The standard InChI is InChI=1S/C8H15O4P/c1-3-6-5-8(7(6)4-2)12-13(9,10)11/h6H,3-5H2,1-2H3,(H2,9,10,11). The van der Waals surface area contributed by atoms with Crippen molar-refractivity contribution < 1.29 is 18.9 Å². The maximum Gasteiger partial charge on any atom is 0.524 e. The fourth-order valence-corrected chi connectivity index (χ4v) is 2.17. The monoisotopic (exact) mass is 206 g/mol. The number of hydrogen-bond acceptors (Lipinski definition) is 2. The highest BCUT2D eigenvalue weighted by Gasteiger charge is 2.32. The summed E-state index contributed by atoms with van der Waals surface area (Å²) in [6.07, 6.45) is 2.50. The van der Waals surface area contributed by atoms with Gasteiger partial charge in [0.05, 0.1) is 0 Å². The number of allylic oxidation sites excluding steroid dienone is 2. The number of hydrogen-bond donors (Lipinski definition) is 2. The van der Waals surface area contributed by atoms with Crippen LogP contribution >= 0.6 is 7.82 Å². The molecule has 0 amide bonds. The second-order valence-corrected chi connectivity index (χ2v) is 4.36. The first-order valence-electron chi connectivity index (χ1n) is 4.45. The van der Waals surface area contributed by atoms with Gasteiger partial charge in [0.2, 0.25) is 0 Å². The minimum atomic E-state index is -4.33. The molecule has 0 heterocycles. The summed E-state index contributed by atoms with van der Waals surface area (Å²) in [4.78, 5) is 17.2. The average Bonchev–Trinajstić information content (AvgIpc) is 1.96. The van der Waals surface area contributed by atoms with Crippen LogP contribution in [0.3, 0.4) is 0 Å². The van der Waals surface area contributed by atoms with Crippen LogP contribution in [0.25, 0.3) is 0 Å². The Morgan fingerprint density at radius 3 is 2.54 bits per heavy atom. The maximum absolute atomic E-state index is 10.5. The van der Waals surface area contributed by atoms with Gasteiger partial charge in [-0.2, -0.15) is 0 Å². The van der Waals surface area contributed by atoms with Gasteiger partial charge >= 0.3 is 7.82 Å². The third kappa shape index (κ3) is 2.56. The smallest absolute Gasteiger partial charge is 0.409 e. The number of phosphoric ester groups is 1. The van der Waals surface area contributed by atoms with E-state index in [4.69, 9.17) is 9.79 Å². The van der Waals surface area contributed by atoms with Crippen LogP contribution in [0.15, 0.2) is 11.3 Å². The maximum atomic E-state index is 10.5. The minimum absolute atomic E-state index is 0.464. The van der Waals surface area contributed by atoms with Gasteiger partial charge in [0.1, 0.15) is 5.76 Å². The Kier molecular flexibility index (Phi) is 3.17. The Hall–Kier alpha value is -0.310. The lowest BCUT2D eigenvalue weighted by molar-refractivity contribution is 0.210. The Morgan fingerprint density at radius 2 is 2.15 bits per heavy atom. The zero-order valence-electron chi connectivity index (χ0n) is 7.86. The van der Waals surface area contributed by atoms with Gasteiger partial charge in [-0.3, -0.25) is 9.79 Å². The second-order valence-electron chi connectivity index (χ2n) is 3.19. The highest BCUT2D eigenvalue weighted by molar-refractivity contribution is 7.46. The molecule has 5 heteroatoms. The third-order valence-corrected chi connectivity index (χ3v) is 2.84. The van der Waals surface area contributed by atoms with Crippen LogP contribution in [0.2, 0.25) is 0 Å². The summed E-state index contributed by atoms with van der Waals surface area (Å²) in [5, 5.41) is 0. The van der Waals surface area contributed by atoms with E-state index in [0.29, 0.717) is 18.1 Å². The van der Waals surface area contributed by atoms with E-state index in [2.05, 4.69) is 11.4 Å². The molecule has 0 aromatic carbocycles. The average molecular weight is 206 g/mol. The SMILES string of the molecule is CCC1=C(OP(=O)(O)O)CC1CC. The van der Waals surface area contributed by atoms with Crippen LogP contribution in [0.5, 0.6) is 0 Å². The quantitative estimate of drug-likeness (QED) is 0.692. The molecule has 76 valence electrons. The van der Waals surface area contributed by atoms with Gasteiger partial charge in [0, 0.05) is 6.42 Å². The van der Waals surface area contributed by atoms with Gasteiger partial charge in [-0.05, 0) is 24.3 Å². The lowest BCUT2D eigenvalue weighted by Crippen LogP contribution is -2.18. The molecule has 1 atom stereocenters. The summed E-state index contributed by atoms with van der Waals surface area (Å²) in [5.74, 6) is 0.967. The van der Waals surface area contributed by atoms with Gasteiger partial charge in [0.25, 0.3) is 0 Å². The molecule has 1 aliphatic carbocycles. The van der Waals surface area contributed by atoms with Crippen molar-refractivity contribution in [3.63, 3.8) is 0 Å². The van der Waals surface area contributed by atoms with E-state index in [-0.39, 0.29) is 0 Å². The third-order valence-electron chi connectivity index (χ3n) is 2.39. The summed E-state index contributed by atoms with van der Waals surface area (Å²) in [6, 6.07) is 0. The first-order chi connectivity index (χ1) is 5.98. The fourth-order valence-electron chi connectivity index (χ4n) is 1.69. The molecule has 0 spiro atoms. The molecule has 0 fully saturated rings. The largest absolute Gasteiger partial charge is 0.524 e. The summed E-state index contributed by atoms with van der Waals surface area (Å²) in [6.45, 7) is 4.04. The predicted octanol–water partition coefficient (Wildman–Crippen LogP) is 2.19. The van der Waals surface area contributed by atoms with Crippen molar-refractivity contribution >= 4 is 7.82 Å². The Labute approximate surface area is 77.9 Å². The lowest BCUT2D eigenvalue weighted by Gasteiger charge is -2.31. The molecule has 0 aromatic heterocycles. The summed E-state index contributed by atoms with van der Waals surface area (Å²) < 4.78 is 15.1. The lowest BCUT2D eigenvalue weighted by atomic mass is 9.80. The van der Waals surface area contributed by atoms with Crippen LogP contribution in [-0.4, -0.2) is 9.79 Å². The molecule has 0 saturated heterocycles. The Morgan fingerprint density at radius 1 is 1.54 bits per heavy atom. The normalized spacial score (nSPS) is 22.9. The van der Waals surface area contributed by atoms with Crippen molar-refractivity contribution in [2.75, 3.05) is 0 Å². The Balaban J connectivity index is 2.67. The molecule has 0 bridgehead atoms. The van der Waals surface area contributed by atoms with Crippen molar-refractivity contribution in [2.24, 2.45) is 5.92 Å². The highest BCUT2D eigenvalue weighted by atomic mass is 31.2. The second kappa shape index (κ2) is 3.82. The topological polar surface area (TPSA) is 66.8 Å². The van der Waals surface area contributed by atoms with Crippen LogP contribution < -0.4 is 0 Å². The first-order valence-corrected chi connectivity index (χ1v) is 5.98. The number of rotatable bonds is 4. The fraction of sp³-hybridized carbons (Fsp3) is 0.750. The predicted molar refractivity (Wildman–Crippen MR) is 48.8 cm³/mol. The molecule has 2 N–H and O–H groups in total. The first kappa shape index (κ1) is 10.8. The van der Waals surface area contributed by atoms with Crippen molar-refractivity contribution in [1.82, 2.24) is 0 Å². The van der Waals surface area contributed by atoms with Gasteiger partial charge < -0.3 is 4.52 Å². The molecular formula is C8H15O4P. The number of phosphoric acid groups is 1. The molecule has 1 rings (SSSR count). The molecular weight excluding hydrogens is 191 g/mol. The van der Waals surface area contributed by atoms with E-state index in [1.54, 1.807) is 0 Å². The molecule has 0 radical (unpaired) electrons. The molecule has 13 heavy (non-hydrogen) atoms. The minimum Gasteiger partial charge on any atom is -0.409 e. The van der Waals surface area contributed by atoms with E-state index in [9.17, 15) is 4.57 Å². The van der Waals surface area contributed by atoms with E-state index in [1.807, 2.05) is 6.92 Å². The van der Waals surface area contributed by atoms with Crippen molar-refractivity contribution in [2.45, 2.75) is 33.1 Å². The molecule has 0 aliphatic heterocycles. The van der Waals surface area contributed by atoms with E-state index >= 15 is 0 Å². The van der Waals surface area contributed by atoms with Gasteiger partial charge in [-0.1, -0.05) is 13.8 Å². The zero-order chi connectivity index (χ0) is 10.1. The van der Waals surface area contributed by atoms with E-state index in [0.717, 1.165) is 18.4 Å². The van der Waals surface area contributed by atoms with Crippen LogP contribution in [0.1, 0.15) is 33.1 Å². The van der Waals surface area contributed by atoms with Crippen LogP contribution in [0, 0.1) is 5.92 Å². The molecule has 0 saturated carbocycles. The molecule has 1 aliphatic rings. The van der Waals surface area contributed by atoms with Crippen molar-refractivity contribution in [1.29, 1.82) is 0 Å². The highest BCUT2D eigenvalue weighted by Crippen LogP contribution is 2.48. The Bertz CT molecular complexity index is 265. The summed E-state index contributed by atoms with van der Waals surface area (Å²) in [7, 11) is -4.33. The molecule has 4 nitrogen and oxygen atoms in total. The van der Waals surface area contributed by atoms with Gasteiger partial charge in [0.15, 0.2) is 0 Å². The van der Waals surface area contributed by atoms with E-state index < -0.39 is 7.82 Å². The van der Waals surface area contributed by atoms with Crippen LogP contribution in [-0.2, 0) is 9.09 Å². The molecule has 1 unspecified atom stereocenters. The van der Waals surface area contributed by atoms with E-state index in [1.165, 1.54) is 0 Å². The van der Waals surface area contributed by atoms with Gasteiger partial charge in [-0.15, -0.1) is 0 Å². The van der Waals surface area contributed by atoms with Crippen molar-refractivity contribution in [3.05, 3.63) is 11.3 Å².